The summed E-state index contributed by atoms with van der Waals surface area (Å²) >= 11 is 0. The minimum Gasteiger partial charge on any atom is -0.356 e. The number of fused-ring (bicyclic) bond motifs is 1. The molecule has 2 aromatic rings. The number of hydrogen-bond acceptors (Lipinski definition) is 4. The minimum absolute atomic E-state index is 0.0665. The molecule has 1 aliphatic rings. The van der Waals surface area contributed by atoms with E-state index in [-0.39, 0.29) is 17.4 Å². The number of carbonyl (C=O) groups is 1. The Morgan fingerprint density at radius 1 is 1.48 bits per heavy atom. The monoisotopic (exact) mass is 315 g/mol. The van der Waals surface area contributed by atoms with Crippen molar-refractivity contribution < 1.29 is 4.79 Å². The van der Waals surface area contributed by atoms with E-state index in [9.17, 15) is 9.59 Å². The average Bonchev–Trinajstić information content (AvgIpc) is 3.05. The van der Waals surface area contributed by atoms with Gasteiger partial charge in [-0.2, -0.15) is 10.2 Å². The van der Waals surface area contributed by atoms with Crippen LogP contribution in [0.2, 0.25) is 0 Å². The van der Waals surface area contributed by atoms with Crippen LogP contribution in [0.25, 0.3) is 0 Å². The molecule has 0 radical (unpaired) electrons. The molecule has 0 spiro atoms. The summed E-state index contributed by atoms with van der Waals surface area (Å²) in [5, 5.41) is 11.4. The van der Waals surface area contributed by atoms with Crippen molar-refractivity contribution in [3.8, 4) is 0 Å². The van der Waals surface area contributed by atoms with E-state index in [2.05, 4.69) is 15.5 Å². The summed E-state index contributed by atoms with van der Waals surface area (Å²) in [7, 11) is 1.65. The van der Waals surface area contributed by atoms with Crippen molar-refractivity contribution in [2.75, 3.05) is 6.54 Å². The lowest BCUT2D eigenvalue weighted by molar-refractivity contribution is -0.125. The van der Waals surface area contributed by atoms with Gasteiger partial charge in [0.1, 0.15) is 0 Å². The molecule has 1 N–H and O–H groups in total. The summed E-state index contributed by atoms with van der Waals surface area (Å²) in [6.07, 6.45) is 6.63. The highest BCUT2D eigenvalue weighted by Gasteiger charge is 2.25. The summed E-state index contributed by atoms with van der Waals surface area (Å²) in [5.74, 6) is -0.00194. The second-order valence-electron chi connectivity index (χ2n) is 5.93. The fourth-order valence-electron chi connectivity index (χ4n) is 2.94. The first kappa shape index (κ1) is 15.5. The van der Waals surface area contributed by atoms with Gasteiger partial charge in [0.25, 0.3) is 5.56 Å². The van der Waals surface area contributed by atoms with E-state index in [0.717, 1.165) is 37.1 Å². The molecule has 2 heterocycles. The average molecular weight is 315 g/mol. The third-order valence-corrected chi connectivity index (χ3v) is 4.25. The lowest BCUT2D eigenvalue weighted by Gasteiger charge is -2.23. The van der Waals surface area contributed by atoms with Gasteiger partial charge < -0.3 is 5.32 Å². The smallest absolute Gasteiger partial charge is 0.266 e. The Labute approximate surface area is 134 Å². The van der Waals surface area contributed by atoms with Gasteiger partial charge in [0.15, 0.2) is 0 Å². The van der Waals surface area contributed by atoms with E-state index in [1.165, 1.54) is 4.68 Å². The predicted octanol–water partition coefficient (Wildman–Crippen LogP) is 0.288. The molecule has 122 valence electrons. The van der Waals surface area contributed by atoms with Crippen LogP contribution in [0.5, 0.6) is 0 Å². The van der Waals surface area contributed by atoms with E-state index in [4.69, 9.17) is 0 Å². The second kappa shape index (κ2) is 6.76. The Morgan fingerprint density at radius 2 is 2.35 bits per heavy atom. The summed E-state index contributed by atoms with van der Waals surface area (Å²) in [5.41, 5.74) is 1.73. The molecule has 0 aromatic carbocycles. The number of rotatable bonds is 5. The minimum atomic E-state index is -0.121. The van der Waals surface area contributed by atoms with E-state index in [1.807, 2.05) is 16.9 Å². The van der Waals surface area contributed by atoms with Crippen LogP contribution in [0.1, 0.15) is 24.1 Å². The van der Waals surface area contributed by atoms with Gasteiger partial charge in [-0.3, -0.25) is 14.3 Å². The van der Waals surface area contributed by atoms with Crippen LogP contribution in [-0.2, 0) is 31.2 Å². The summed E-state index contributed by atoms with van der Waals surface area (Å²) in [4.78, 5) is 24.0. The standard InChI is InChI=1S/C16H21N5O2/c1-20-15(22)11-13-10-12(4-5-14(13)19-20)16(23)17-6-2-8-21-9-3-7-18-21/h3,7,9,11-12H,2,4-6,8,10H2,1H3,(H,17,23)/t12-/m0/s1. The molecule has 0 unspecified atom stereocenters. The molecular formula is C16H21N5O2. The van der Waals surface area contributed by atoms with Crippen molar-refractivity contribution >= 4 is 5.91 Å². The lowest BCUT2D eigenvalue weighted by atomic mass is 9.86. The highest BCUT2D eigenvalue weighted by atomic mass is 16.2. The van der Waals surface area contributed by atoms with Crippen molar-refractivity contribution in [3.63, 3.8) is 0 Å². The Balaban J connectivity index is 1.50. The van der Waals surface area contributed by atoms with Crippen molar-refractivity contribution in [2.45, 2.75) is 32.2 Å². The number of nitrogens with one attached hydrogen (secondary N) is 1. The summed E-state index contributed by atoms with van der Waals surface area (Å²) < 4.78 is 3.21. The maximum Gasteiger partial charge on any atom is 0.266 e. The maximum atomic E-state index is 12.3. The number of nitrogens with zero attached hydrogens (tertiary/aromatic N) is 4. The van der Waals surface area contributed by atoms with Crippen LogP contribution in [0, 0.1) is 5.92 Å². The topological polar surface area (TPSA) is 81.8 Å². The fourth-order valence-corrected chi connectivity index (χ4v) is 2.94. The highest BCUT2D eigenvalue weighted by Crippen LogP contribution is 2.23. The van der Waals surface area contributed by atoms with E-state index in [1.54, 1.807) is 19.3 Å². The molecule has 0 fully saturated rings. The van der Waals surface area contributed by atoms with Crippen LogP contribution in [0.15, 0.2) is 29.3 Å². The highest BCUT2D eigenvalue weighted by molar-refractivity contribution is 5.79. The van der Waals surface area contributed by atoms with Crippen LogP contribution in [-0.4, -0.2) is 32.0 Å². The molecule has 1 amide bonds. The molecule has 1 atom stereocenters. The largest absolute Gasteiger partial charge is 0.356 e. The first-order valence-electron chi connectivity index (χ1n) is 7.95. The Morgan fingerprint density at radius 3 is 3.13 bits per heavy atom. The van der Waals surface area contributed by atoms with Gasteiger partial charge in [-0.1, -0.05) is 0 Å². The number of aryl methyl sites for hydroxylation is 3. The van der Waals surface area contributed by atoms with Crippen molar-refractivity contribution in [3.05, 3.63) is 46.1 Å². The zero-order valence-corrected chi connectivity index (χ0v) is 13.2. The molecule has 0 bridgehead atoms. The Hall–Kier alpha value is -2.44. The van der Waals surface area contributed by atoms with E-state index >= 15 is 0 Å². The maximum absolute atomic E-state index is 12.3. The van der Waals surface area contributed by atoms with E-state index < -0.39 is 0 Å². The molecule has 1 aliphatic carbocycles. The molecule has 0 aliphatic heterocycles. The molecular weight excluding hydrogens is 294 g/mol. The van der Waals surface area contributed by atoms with Gasteiger partial charge in [-0.05, 0) is 37.3 Å². The molecule has 0 saturated heterocycles. The van der Waals surface area contributed by atoms with Gasteiger partial charge in [-0.25, -0.2) is 4.68 Å². The number of aromatic nitrogens is 4. The van der Waals surface area contributed by atoms with Gasteiger partial charge in [0.2, 0.25) is 5.91 Å². The van der Waals surface area contributed by atoms with E-state index in [0.29, 0.717) is 13.0 Å². The normalized spacial score (nSPS) is 16.8. The predicted molar refractivity (Wildman–Crippen MR) is 84.8 cm³/mol. The Kier molecular flexibility index (Phi) is 4.55. The third-order valence-electron chi connectivity index (χ3n) is 4.25. The first-order valence-corrected chi connectivity index (χ1v) is 7.95. The SMILES string of the molecule is Cn1nc2c(cc1=O)C[C@@H](C(=O)NCCCn1cccn1)CC2. The fraction of sp³-hybridized carbons (Fsp3) is 0.500. The van der Waals surface area contributed by atoms with Crippen molar-refractivity contribution in [1.82, 2.24) is 24.9 Å². The van der Waals surface area contributed by atoms with Gasteiger partial charge in [0.05, 0.1) is 5.69 Å². The second-order valence-corrected chi connectivity index (χ2v) is 5.93. The zero-order valence-electron chi connectivity index (χ0n) is 13.2. The molecule has 0 saturated carbocycles. The first-order chi connectivity index (χ1) is 11.1. The molecule has 3 rings (SSSR count). The summed E-state index contributed by atoms with van der Waals surface area (Å²) in [6, 6.07) is 3.50. The molecule has 2 aromatic heterocycles. The third kappa shape index (κ3) is 3.67. The lowest BCUT2D eigenvalue weighted by Crippen LogP contribution is -2.36. The number of carbonyl (C=O) groups excluding carboxylic acids is 1. The number of amides is 1. The van der Waals surface area contributed by atoms with Gasteiger partial charge in [-0.15, -0.1) is 0 Å². The molecule has 7 nitrogen and oxygen atoms in total. The molecule has 7 heteroatoms. The number of hydrogen-bond donors (Lipinski definition) is 1. The van der Waals surface area contributed by atoms with Crippen LogP contribution in [0.4, 0.5) is 0 Å². The van der Waals surface area contributed by atoms with Crippen molar-refractivity contribution in [2.24, 2.45) is 13.0 Å². The van der Waals surface area contributed by atoms with Crippen LogP contribution < -0.4 is 10.9 Å². The van der Waals surface area contributed by atoms with Gasteiger partial charge in [0, 0.05) is 44.5 Å². The quantitative estimate of drug-likeness (QED) is 0.804. The molecule has 23 heavy (non-hydrogen) atoms. The van der Waals surface area contributed by atoms with Crippen LogP contribution >= 0.6 is 0 Å². The Bertz CT molecular complexity index is 735. The summed E-state index contributed by atoms with van der Waals surface area (Å²) in [6.45, 7) is 1.43. The zero-order chi connectivity index (χ0) is 16.2. The van der Waals surface area contributed by atoms with Gasteiger partial charge >= 0.3 is 0 Å². The van der Waals surface area contributed by atoms with Crippen molar-refractivity contribution in [1.29, 1.82) is 0 Å². The van der Waals surface area contributed by atoms with Crippen LogP contribution in [0.3, 0.4) is 0 Å².